The summed E-state index contributed by atoms with van der Waals surface area (Å²) in [5.74, 6) is -1.21. The van der Waals surface area contributed by atoms with Gasteiger partial charge in [-0.1, -0.05) is 60.1 Å². The van der Waals surface area contributed by atoms with Gasteiger partial charge < -0.3 is 10.1 Å². The van der Waals surface area contributed by atoms with Crippen molar-refractivity contribution in [2.45, 2.75) is 12.8 Å². The number of rotatable bonds is 8. The first-order valence-electron chi connectivity index (χ1n) is 9.47. The van der Waals surface area contributed by atoms with Crippen molar-refractivity contribution in [2.75, 3.05) is 11.9 Å². The Balaban J connectivity index is 1.58. The van der Waals surface area contributed by atoms with Gasteiger partial charge in [0.2, 0.25) is 0 Å². The average Bonchev–Trinajstić information content (AvgIpc) is 2.78. The number of anilines is 1. The molecule has 0 radical (unpaired) electrons. The van der Waals surface area contributed by atoms with Crippen LogP contribution in [0.3, 0.4) is 0 Å². The third-order valence-electron chi connectivity index (χ3n) is 4.54. The van der Waals surface area contributed by atoms with Gasteiger partial charge in [0.1, 0.15) is 0 Å². The molecule has 0 aromatic heterocycles. The number of hydrogen-bond donors (Lipinski definition) is 1. The van der Waals surface area contributed by atoms with Gasteiger partial charge in [0.05, 0.1) is 21.2 Å². The van der Waals surface area contributed by atoms with Gasteiger partial charge in [0.15, 0.2) is 6.61 Å². The SMILES string of the molecule is O=C(COC(=O)c1ccccc1CCc1ccccc1)Nc1ccc([N+](=O)[O-])cc1Cl. The molecular weight excluding hydrogens is 420 g/mol. The first-order valence-corrected chi connectivity index (χ1v) is 9.84. The minimum absolute atomic E-state index is 0.0140. The van der Waals surface area contributed by atoms with Gasteiger partial charge >= 0.3 is 5.97 Å². The maximum Gasteiger partial charge on any atom is 0.338 e. The van der Waals surface area contributed by atoms with E-state index in [0.29, 0.717) is 12.0 Å². The average molecular weight is 439 g/mol. The van der Waals surface area contributed by atoms with Crippen molar-refractivity contribution in [2.24, 2.45) is 0 Å². The molecule has 1 N–H and O–H groups in total. The molecule has 158 valence electrons. The Morgan fingerprint density at radius 1 is 0.968 bits per heavy atom. The molecule has 0 unspecified atom stereocenters. The molecule has 0 aliphatic heterocycles. The topological polar surface area (TPSA) is 98.5 Å². The number of nitro groups is 1. The number of amides is 1. The van der Waals surface area contributed by atoms with Crippen molar-refractivity contribution in [1.82, 2.24) is 0 Å². The van der Waals surface area contributed by atoms with Gasteiger partial charge in [0.25, 0.3) is 11.6 Å². The van der Waals surface area contributed by atoms with Gasteiger partial charge in [0, 0.05) is 12.1 Å². The number of halogens is 1. The first-order chi connectivity index (χ1) is 14.9. The lowest BCUT2D eigenvalue weighted by Crippen LogP contribution is -2.21. The van der Waals surface area contributed by atoms with E-state index in [4.69, 9.17) is 16.3 Å². The number of esters is 1. The van der Waals surface area contributed by atoms with Crippen LogP contribution < -0.4 is 5.32 Å². The number of nitrogens with one attached hydrogen (secondary N) is 1. The maximum absolute atomic E-state index is 12.5. The summed E-state index contributed by atoms with van der Waals surface area (Å²) >= 11 is 5.96. The highest BCUT2D eigenvalue weighted by molar-refractivity contribution is 6.34. The molecule has 0 atom stereocenters. The molecule has 3 aromatic rings. The molecular formula is C23H19ClN2O5. The van der Waals surface area contributed by atoms with Crippen LogP contribution in [0.15, 0.2) is 72.8 Å². The van der Waals surface area contributed by atoms with E-state index in [2.05, 4.69) is 5.32 Å². The quantitative estimate of drug-likeness (QED) is 0.308. The van der Waals surface area contributed by atoms with Crippen molar-refractivity contribution in [3.05, 3.63) is 105 Å². The van der Waals surface area contributed by atoms with Crippen LogP contribution in [-0.4, -0.2) is 23.4 Å². The number of carbonyl (C=O) groups excluding carboxylic acids is 2. The van der Waals surface area contributed by atoms with E-state index in [-0.39, 0.29) is 16.4 Å². The number of nitrogens with zero attached hydrogens (tertiary/aromatic N) is 1. The molecule has 8 heteroatoms. The van der Waals surface area contributed by atoms with Crippen LogP contribution in [0.4, 0.5) is 11.4 Å². The van der Waals surface area contributed by atoms with Crippen molar-refractivity contribution in [3.8, 4) is 0 Å². The monoisotopic (exact) mass is 438 g/mol. The van der Waals surface area contributed by atoms with E-state index in [1.165, 1.54) is 12.1 Å². The molecule has 3 rings (SSSR count). The first kappa shape index (κ1) is 22.0. The largest absolute Gasteiger partial charge is 0.452 e. The van der Waals surface area contributed by atoms with Crippen molar-refractivity contribution in [1.29, 1.82) is 0 Å². The molecule has 0 spiro atoms. The Kier molecular flexibility index (Phi) is 7.35. The number of benzene rings is 3. The Morgan fingerprint density at radius 2 is 1.68 bits per heavy atom. The second-order valence-corrected chi connectivity index (χ2v) is 7.10. The molecule has 0 aliphatic rings. The van der Waals surface area contributed by atoms with Crippen molar-refractivity contribution < 1.29 is 19.2 Å². The normalized spacial score (nSPS) is 10.4. The summed E-state index contributed by atoms with van der Waals surface area (Å²) in [6.45, 7) is -0.515. The minimum Gasteiger partial charge on any atom is -0.452 e. The second-order valence-electron chi connectivity index (χ2n) is 6.69. The molecule has 0 saturated carbocycles. The standard InChI is InChI=1S/C23H19ClN2O5/c24-20-14-18(26(29)30)12-13-21(20)25-22(27)15-31-23(28)19-9-5-4-8-17(19)11-10-16-6-2-1-3-7-16/h1-9,12-14H,10-11,15H2,(H,25,27). The van der Waals surface area contributed by atoms with E-state index in [9.17, 15) is 19.7 Å². The van der Waals surface area contributed by atoms with Crippen LogP contribution in [0.25, 0.3) is 0 Å². The van der Waals surface area contributed by atoms with Gasteiger partial charge in [-0.05, 0) is 36.1 Å². The van der Waals surface area contributed by atoms with Gasteiger partial charge in [-0.25, -0.2) is 4.79 Å². The van der Waals surface area contributed by atoms with Gasteiger partial charge in [-0.3, -0.25) is 14.9 Å². The zero-order valence-electron chi connectivity index (χ0n) is 16.4. The smallest absolute Gasteiger partial charge is 0.338 e. The van der Waals surface area contributed by atoms with Crippen LogP contribution in [0.2, 0.25) is 5.02 Å². The van der Waals surface area contributed by atoms with Crippen molar-refractivity contribution in [3.63, 3.8) is 0 Å². The number of non-ortho nitro benzene ring substituents is 1. The summed E-state index contributed by atoms with van der Waals surface area (Å²) in [4.78, 5) is 34.8. The maximum atomic E-state index is 12.5. The predicted molar refractivity (Wildman–Crippen MR) is 117 cm³/mol. The van der Waals surface area contributed by atoms with Crippen molar-refractivity contribution >= 4 is 34.9 Å². The van der Waals surface area contributed by atoms with E-state index in [1.54, 1.807) is 12.1 Å². The lowest BCUT2D eigenvalue weighted by Gasteiger charge is -2.11. The van der Waals surface area contributed by atoms with E-state index < -0.39 is 23.4 Å². The zero-order chi connectivity index (χ0) is 22.2. The number of nitro benzene ring substituents is 1. The summed E-state index contributed by atoms with van der Waals surface area (Å²) in [7, 11) is 0. The minimum atomic E-state index is -0.606. The number of hydrogen-bond acceptors (Lipinski definition) is 5. The molecule has 0 bridgehead atoms. The summed E-state index contributed by atoms with van der Waals surface area (Å²) in [6.07, 6.45) is 1.42. The van der Waals surface area contributed by atoms with E-state index in [0.717, 1.165) is 23.6 Å². The highest BCUT2D eigenvalue weighted by Gasteiger charge is 2.16. The van der Waals surface area contributed by atoms with E-state index >= 15 is 0 Å². The summed E-state index contributed by atoms with van der Waals surface area (Å²) < 4.78 is 5.15. The summed E-state index contributed by atoms with van der Waals surface area (Å²) in [5.41, 5.74) is 2.39. The number of aryl methyl sites for hydroxylation is 2. The second kappa shape index (κ2) is 10.4. The molecule has 0 aliphatic carbocycles. The molecule has 0 saturated heterocycles. The number of carbonyl (C=O) groups is 2. The molecule has 3 aromatic carbocycles. The number of ether oxygens (including phenoxy) is 1. The molecule has 0 heterocycles. The molecule has 31 heavy (non-hydrogen) atoms. The Labute approximate surface area is 183 Å². The zero-order valence-corrected chi connectivity index (χ0v) is 17.2. The van der Waals surface area contributed by atoms with Crippen LogP contribution >= 0.6 is 11.6 Å². The summed E-state index contributed by atoms with van der Waals surface area (Å²) in [5, 5.41) is 13.2. The van der Waals surface area contributed by atoms with Gasteiger partial charge in [-0.15, -0.1) is 0 Å². The third-order valence-corrected chi connectivity index (χ3v) is 4.85. The third kappa shape index (κ3) is 6.13. The predicted octanol–water partition coefficient (Wildman–Crippen LogP) is 4.83. The highest BCUT2D eigenvalue weighted by Crippen LogP contribution is 2.26. The lowest BCUT2D eigenvalue weighted by atomic mass is 10.00. The fraction of sp³-hybridized carbons (Fsp3) is 0.130. The Morgan fingerprint density at radius 3 is 2.39 bits per heavy atom. The molecule has 1 amide bonds. The lowest BCUT2D eigenvalue weighted by molar-refractivity contribution is -0.384. The van der Waals surface area contributed by atoms with Crippen LogP contribution in [0.1, 0.15) is 21.5 Å². The molecule has 7 nitrogen and oxygen atoms in total. The fourth-order valence-corrected chi connectivity index (χ4v) is 3.20. The molecule has 0 fully saturated rings. The van der Waals surface area contributed by atoms with Crippen LogP contribution in [-0.2, 0) is 22.4 Å². The summed E-state index contributed by atoms with van der Waals surface area (Å²) in [6, 6.07) is 20.7. The Hall–Kier alpha value is -3.71. The Bertz CT molecular complexity index is 1100. The van der Waals surface area contributed by atoms with Crippen LogP contribution in [0.5, 0.6) is 0 Å². The van der Waals surface area contributed by atoms with E-state index in [1.807, 2.05) is 42.5 Å². The fourth-order valence-electron chi connectivity index (χ4n) is 2.98. The highest BCUT2D eigenvalue weighted by atomic mass is 35.5. The van der Waals surface area contributed by atoms with Crippen LogP contribution in [0, 0.1) is 10.1 Å². The van der Waals surface area contributed by atoms with Gasteiger partial charge in [-0.2, -0.15) is 0 Å².